The first-order valence-electron chi connectivity index (χ1n) is 9.29. The molecule has 6 nitrogen and oxygen atoms in total. The van der Waals surface area contributed by atoms with Gasteiger partial charge in [-0.15, -0.1) is 0 Å². The molecule has 0 aliphatic heterocycles. The van der Waals surface area contributed by atoms with Gasteiger partial charge in [0.2, 0.25) is 0 Å². The van der Waals surface area contributed by atoms with Crippen LogP contribution >= 0.6 is 0 Å². The van der Waals surface area contributed by atoms with Crippen molar-refractivity contribution in [3.63, 3.8) is 0 Å². The highest BCUT2D eigenvalue weighted by Crippen LogP contribution is 2.31. The minimum Gasteiger partial charge on any atom is -0.469 e. The van der Waals surface area contributed by atoms with E-state index in [9.17, 15) is 14.4 Å². The molecule has 0 radical (unpaired) electrons. The highest BCUT2D eigenvalue weighted by Gasteiger charge is 2.30. The van der Waals surface area contributed by atoms with E-state index in [-0.39, 0.29) is 23.7 Å². The Hall–Kier alpha value is -3.41. The number of pyridine rings is 1. The van der Waals surface area contributed by atoms with Gasteiger partial charge in [0.05, 0.1) is 6.26 Å². The van der Waals surface area contributed by atoms with Crippen molar-refractivity contribution in [2.24, 2.45) is 0 Å². The minimum absolute atomic E-state index is 0.0607. The standard InChI is InChI=1S/C22H20N2O4/c1-2-13-6-3-4-7-17(13)23-21(26)16-12-15-18(24-22(16)27)10-14(11-19(15)25)20-8-5-9-28-20/h3-9,12,14H,2,10-11H2,1H3,(H,23,26)(H,24,27)/t14-/m1/s1. The lowest BCUT2D eigenvalue weighted by Crippen LogP contribution is -2.29. The summed E-state index contributed by atoms with van der Waals surface area (Å²) in [6.45, 7) is 1.99. The first-order valence-corrected chi connectivity index (χ1v) is 9.29. The zero-order chi connectivity index (χ0) is 19.7. The maximum Gasteiger partial charge on any atom is 0.261 e. The fourth-order valence-corrected chi connectivity index (χ4v) is 3.66. The number of ketones is 1. The van der Waals surface area contributed by atoms with Crippen molar-refractivity contribution in [3.8, 4) is 0 Å². The zero-order valence-electron chi connectivity index (χ0n) is 15.5. The predicted octanol–water partition coefficient (Wildman–Crippen LogP) is 3.70. The fourth-order valence-electron chi connectivity index (χ4n) is 3.66. The van der Waals surface area contributed by atoms with E-state index in [4.69, 9.17) is 4.42 Å². The number of aromatic amines is 1. The van der Waals surface area contributed by atoms with Gasteiger partial charge >= 0.3 is 0 Å². The molecule has 2 heterocycles. The summed E-state index contributed by atoms with van der Waals surface area (Å²) in [5.41, 5.74) is 2.02. The van der Waals surface area contributed by atoms with Crippen LogP contribution in [0.5, 0.6) is 0 Å². The molecule has 2 aromatic heterocycles. The highest BCUT2D eigenvalue weighted by molar-refractivity contribution is 6.07. The second-order valence-corrected chi connectivity index (χ2v) is 6.91. The maximum atomic E-state index is 12.7. The van der Waals surface area contributed by atoms with E-state index >= 15 is 0 Å². The molecule has 3 aromatic rings. The number of para-hydroxylation sites is 1. The number of nitrogens with one attached hydrogen (secondary N) is 2. The number of H-pyrrole nitrogens is 1. The topological polar surface area (TPSA) is 92.2 Å². The molecule has 1 amide bonds. The van der Waals surface area contributed by atoms with Gasteiger partial charge in [0.1, 0.15) is 11.3 Å². The molecular weight excluding hydrogens is 356 g/mol. The Morgan fingerprint density at radius 3 is 2.75 bits per heavy atom. The maximum absolute atomic E-state index is 12.7. The molecule has 1 aliphatic rings. The molecule has 1 aromatic carbocycles. The number of carbonyl (C=O) groups excluding carboxylic acids is 2. The Morgan fingerprint density at radius 2 is 2.00 bits per heavy atom. The largest absolute Gasteiger partial charge is 0.469 e. The third kappa shape index (κ3) is 3.29. The lowest BCUT2D eigenvalue weighted by atomic mass is 9.84. The first-order chi connectivity index (χ1) is 13.6. The molecule has 142 valence electrons. The third-order valence-corrected chi connectivity index (χ3v) is 5.14. The molecule has 1 atom stereocenters. The summed E-state index contributed by atoms with van der Waals surface area (Å²) in [5.74, 6) is -0.0209. The van der Waals surface area contributed by atoms with Crippen LogP contribution in [0, 0.1) is 0 Å². The molecular formula is C22H20N2O4. The summed E-state index contributed by atoms with van der Waals surface area (Å²) >= 11 is 0. The van der Waals surface area contributed by atoms with Crippen LogP contribution in [-0.4, -0.2) is 16.7 Å². The molecule has 1 aliphatic carbocycles. The van der Waals surface area contributed by atoms with E-state index in [0.29, 0.717) is 23.4 Å². The Kier molecular flexibility index (Phi) is 4.69. The van der Waals surface area contributed by atoms with Crippen molar-refractivity contribution < 1.29 is 14.0 Å². The highest BCUT2D eigenvalue weighted by atomic mass is 16.3. The second-order valence-electron chi connectivity index (χ2n) is 6.91. The number of furan rings is 1. The number of hydrogen-bond donors (Lipinski definition) is 2. The zero-order valence-corrected chi connectivity index (χ0v) is 15.5. The predicted molar refractivity (Wildman–Crippen MR) is 105 cm³/mol. The number of benzene rings is 1. The fraction of sp³-hybridized carbons (Fsp3) is 0.227. The van der Waals surface area contributed by atoms with Gasteiger partial charge in [0.25, 0.3) is 11.5 Å². The second kappa shape index (κ2) is 7.31. The number of carbonyl (C=O) groups is 2. The minimum atomic E-state index is -0.522. The summed E-state index contributed by atoms with van der Waals surface area (Å²) in [5, 5.41) is 2.79. The smallest absolute Gasteiger partial charge is 0.261 e. The molecule has 28 heavy (non-hydrogen) atoms. The number of rotatable bonds is 4. The summed E-state index contributed by atoms with van der Waals surface area (Å²) in [6.07, 6.45) is 3.10. The SMILES string of the molecule is CCc1ccccc1NC(=O)c1cc2c([nH]c1=O)C[C@@H](c1ccco1)CC2=O. The van der Waals surface area contributed by atoms with Crippen LogP contribution in [-0.2, 0) is 12.8 Å². The van der Waals surface area contributed by atoms with Gasteiger partial charge in [-0.25, -0.2) is 0 Å². The number of fused-ring (bicyclic) bond motifs is 1. The van der Waals surface area contributed by atoms with Crippen LogP contribution in [0.4, 0.5) is 5.69 Å². The Balaban J connectivity index is 1.64. The van der Waals surface area contributed by atoms with Gasteiger partial charge in [-0.05, 0) is 42.7 Å². The van der Waals surface area contributed by atoms with Gasteiger partial charge < -0.3 is 14.7 Å². The van der Waals surface area contributed by atoms with Gasteiger partial charge in [-0.3, -0.25) is 14.4 Å². The van der Waals surface area contributed by atoms with Gasteiger partial charge in [-0.2, -0.15) is 0 Å². The molecule has 0 spiro atoms. The summed E-state index contributed by atoms with van der Waals surface area (Å²) in [4.78, 5) is 40.6. The van der Waals surface area contributed by atoms with Gasteiger partial charge in [-0.1, -0.05) is 25.1 Å². The van der Waals surface area contributed by atoms with Crippen molar-refractivity contribution in [1.29, 1.82) is 0 Å². The number of hydrogen-bond acceptors (Lipinski definition) is 4. The number of amides is 1. The van der Waals surface area contributed by atoms with Crippen LogP contribution in [0.25, 0.3) is 0 Å². The lowest BCUT2D eigenvalue weighted by molar-refractivity contribution is 0.0959. The molecule has 0 unspecified atom stereocenters. The number of aryl methyl sites for hydroxylation is 1. The van der Waals surface area contributed by atoms with Crippen molar-refractivity contribution in [3.05, 3.63) is 87.2 Å². The van der Waals surface area contributed by atoms with E-state index in [1.807, 2.05) is 31.2 Å². The van der Waals surface area contributed by atoms with E-state index in [2.05, 4.69) is 10.3 Å². The molecule has 0 saturated heterocycles. The average Bonchev–Trinajstić information content (AvgIpc) is 3.22. The summed E-state index contributed by atoms with van der Waals surface area (Å²) < 4.78 is 5.41. The summed E-state index contributed by atoms with van der Waals surface area (Å²) in [7, 11) is 0. The summed E-state index contributed by atoms with van der Waals surface area (Å²) in [6, 6.07) is 12.5. The van der Waals surface area contributed by atoms with E-state index in [1.54, 1.807) is 18.4 Å². The molecule has 0 saturated carbocycles. The number of aromatic nitrogens is 1. The molecule has 2 N–H and O–H groups in total. The number of anilines is 1. The van der Waals surface area contributed by atoms with Crippen molar-refractivity contribution >= 4 is 17.4 Å². The van der Waals surface area contributed by atoms with Crippen LogP contribution in [0.1, 0.15) is 57.0 Å². The third-order valence-electron chi connectivity index (χ3n) is 5.14. The van der Waals surface area contributed by atoms with Crippen LogP contribution in [0.3, 0.4) is 0 Å². The molecule has 0 bridgehead atoms. The monoisotopic (exact) mass is 376 g/mol. The Labute approximate surface area is 161 Å². The van der Waals surface area contributed by atoms with Crippen molar-refractivity contribution in [1.82, 2.24) is 4.98 Å². The Morgan fingerprint density at radius 1 is 1.18 bits per heavy atom. The van der Waals surface area contributed by atoms with Crippen LogP contribution in [0.15, 0.2) is 57.9 Å². The van der Waals surface area contributed by atoms with E-state index < -0.39 is 11.5 Å². The first kappa shape index (κ1) is 18.0. The van der Waals surface area contributed by atoms with E-state index in [0.717, 1.165) is 17.7 Å². The van der Waals surface area contributed by atoms with Gasteiger partial charge in [0.15, 0.2) is 5.78 Å². The molecule has 6 heteroatoms. The quantitative estimate of drug-likeness (QED) is 0.726. The number of Topliss-reactive ketones (excluding diaryl/α,β-unsaturated/α-hetero) is 1. The normalized spacial score (nSPS) is 15.9. The Bertz CT molecular complexity index is 1100. The van der Waals surface area contributed by atoms with Gasteiger partial charge in [0, 0.05) is 29.3 Å². The molecule has 4 rings (SSSR count). The van der Waals surface area contributed by atoms with Crippen molar-refractivity contribution in [2.75, 3.05) is 5.32 Å². The van der Waals surface area contributed by atoms with Crippen LogP contribution < -0.4 is 10.9 Å². The van der Waals surface area contributed by atoms with Crippen LogP contribution in [0.2, 0.25) is 0 Å². The van der Waals surface area contributed by atoms with E-state index in [1.165, 1.54) is 6.07 Å². The average molecular weight is 376 g/mol. The lowest BCUT2D eigenvalue weighted by Gasteiger charge is -2.22. The molecule has 0 fully saturated rings. The van der Waals surface area contributed by atoms with Crippen molar-refractivity contribution in [2.45, 2.75) is 32.1 Å².